The number of carbonyl (C=O) groups is 2. The molecule has 1 aliphatic carbocycles. The minimum Gasteiger partial charge on any atom is -0.348 e. The molecule has 1 amide bonds. The Kier molecular flexibility index (Phi) is 4.06. The van der Waals surface area contributed by atoms with Crippen LogP contribution in [0.1, 0.15) is 45.3 Å². The van der Waals surface area contributed by atoms with Gasteiger partial charge < -0.3 is 10.3 Å². The van der Waals surface area contributed by atoms with E-state index in [9.17, 15) is 14.4 Å². The lowest BCUT2D eigenvalue weighted by molar-refractivity contribution is 0.0949. The van der Waals surface area contributed by atoms with E-state index in [0.29, 0.717) is 24.1 Å². The first-order valence-corrected chi connectivity index (χ1v) is 7.51. The number of ketones is 1. The average molecular weight is 311 g/mol. The highest BCUT2D eigenvalue weighted by molar-refractivity contribution is 6.01. The number of aromatic amines is 1. The molecule has 0 fully saturated rings. The molecule has 0 aliphatic heterocycles. The Labute approximate surface area is 133 Å². The Hall–Kier alpha value is -2.76. The van der Waals surface area contributed by atoms with Crippen molar-refractivity contribution in [3.8, 4) is 0 Å². The predicted molar refractivity (Wildman–Crippen MR) is 84.3 cm³/mol. The zero-order valence-electron chi connectivity index (χ0n) is 12.8. The van der Waals surface area contributed by atoms with Crippen molar-refractivity contribution in [2.24, 2.45) is 5.92 Å². The SMILES string of the molecule is C[C@H]1CC(=O)c2cc(C(=O)NCc3cccnc3)c(=O)[nH]c2C1. The Morgan fingerprint density at radius 3 is 2.96 bits per heavy atom. The number of H-pyrrole nitrogens is 1. The summed E-state index contributed by atoms with van der Waals surface area (Å²) in [5.74, 6) is -0.323. The minimum atomic E-state index is -0.496. The van der Waals surface area contributed by atoms with E-state index in [1.807, 2.05) is 13.0 Å². The Balaban J connectivity index is 1.83. The quantitative estimate of drug-likeness (QED) is 0.897. The van der Waals surface area contributed by atoms with Crippen molar-refractivity contribution < 1.29 is 9.59 Å². The molecule has 0 radical (unpaired) electrons. The Bertz CT molecular complexity index is 812. The maximum Gasteiger partial charge on any atom is 0.261 e. The number of Topliss-reactive ketones (excluding diaryl/α,β-unsaturated/α-hetero) is 1. The van der Waals surface area contributed by atoms with Crippen molar-refractivity contribution in [2.75, 3.05) is 0 Å². The van der Waals surface area contributed by atoms with Crippen molar-refractivity contribution >= 4 is 11.7 Å². The van der Waals surface area contributed by atoms with Crippen LogP contribution in [-0.4, -0.2) is 21.7 Å². The van der Waals surface area contributed by atoms with E-state index < -0.39 is 11.5 Å². The molecule has 0 bridgehead atoms. The third kappa shape index (κ3) is 3.21. The zero-order chi connectivity index (χ0) is 16.4. The molecule has 23 heavy (non-hydrogen) atoms. The van der Waals surface area contributed by atoms with Gasteiger partial charge in [-0.1, -0.05) is 13.0 Å². The van der Waals surface area contributed by atoms with E-state index in [1.54, 1.807) is 18.5 Å². The van der Waals surface area contributed by atoms with E-state index in [-0.39, 0.29) is 23.8 Å². The number of amides is 1. The summed E-state index contributed by atoms with van der Waals surface area (Å²) in [7, 11) is 0. The van der Waals surface area contributed by atoms with Crippen LogP contribution in [-0.2, 0) is 13.0 Å². The standard InChI is InChI=1S/C17H17N3O3/c1-10-5-14-12(15(21)6-10)7-13(17(23)20-14)16(22)19-9-11-3-2-4-18-8-11/h2-4,7-8,10H,5-6,9H2,1H3,(H,19,22)(H,20,23)/t10-/m1/s1. The molecule has 6 heteroatoms. The molecule has 2 aromatic rings. The van der Waals surface area contributed by atoms with Gasteiger partial charge in [-0.15, -0.1) is 0 Å². The number of pyridine rings is 2. The van der Waals surface area contributed by atoms with Crippen LogP contribution in [0.15, 0.2) is 35.4 Å². The smallest absolute Gasteiger partial charge is 0.261 e. The summed E-state index contributed by atoms with van der Waals surface area (Å²) in [4.78, 5) is 43.1. The molecule has 1 aliphatic rings. The van der Waals surface area contributed by atoms with Crippen molar-refractivity contribution in [3.63, 3.8) is 0 Å². The summed E-state index contributed by atoms with van der Waals surface area (Å²) < 4.78 is 0. The summed E-state index contributed by atoms with van der Waals surface area (Å²) in [6, 6.07) is 5.02. The molecule has 0 unspecified atom stereocenters. The normalized spacial score (nSPS) is 16.7. The third-order valence-corrected chi connectivity index (χ3v) is 3.93. The molecular weight excluding hydrogens is 294 g/mol. The van der Waals surface area contributed by atoms with Gasteiger partial charge in [0, 0.05) is 36.6 Å². The van der Waals surface area contributed by atoms with Gasteiger partial charge in [0.2, 0.25) is 0 Å². The molecule has 118 valence electrons. The average Bonchev–Trinajstić information content (AvgIpc) is 2.53. The molecule has 0 saturated heterocycles. The van der Waals surface area contributed by atoms with E-state index in [2.05, 4.69) is 15.3 Å². The third-order valence-electron chi connectivity index (χ3n) is 3.93. The summed E-state index contributed by atoms with van der Waals surface area (Å²) in [5.41, 5.74) is 1.42. The molecule has 3 rings (SSSR count). The van der Waals surface area contributed by atoms with Gasteiger partial charge in [0.05, 0.1) is 0 Å². The fraction of sp³-hybridized carbons (Fsp3) is 0.294. The van der Waals surface area contributed by atoms with Gasteiger partial charge in [-0.2, -0.15) is 0 Å². The van der Waals surface area contributed by atoms with E-state index in [1.165, 1.54) is 6.07 Å². The highest BCUT2D eigenvalue weighted by Crippen LogP contribution is 2.23. The molecule has 0 spiro atoms. The van der Waals surface area contributed by atoms with Gasteiger partial charge in [-0.25, -0.2) is 0 Å². The lowest BCUT2D eigenvalue weighted by Gasteiger charge is -2.20. The Morgan fingerprint density at radius 2 is 2.22 bits per heavy atom. The lowest BCUT2D eigenvalue weighted by atomic mass is 9.86. The fourth-order valence-corrected chi connectivity index (χ4v) is 2.77. The highest BCUT2D eigenvalue weighted by atomic mass is 16.2. The van der Waals surface area contributed by atoms with Gasteiger partial charge in [0.25, 0.3) is 11.5 Å². The van der Waals surface area contributed by atoms with Crippen LogP contribution in [0.3, 0.4) is 0 Å². The topological polar surface area (TPSA) is 91.9 Å². The number of fused-ring (bicyclic) bond motifs is 1. The fourth-order valence-electron chi connectivity index (χ4n) is 2.77. The number of nitrogens with one attached hydrogen (secondary N) is 2. The van der Waals surface area contributed by atoms with Gasteiger partial charge in [0.15, 0.2) is 5.78 Å². The number of nitrogens with zero attached hydrogens (tertiary/aromatic N) is 1. The van der Waals surface area contributed by atoms with Crippen LogP contribution in [0.2, 0.25) is 0 Å². The van der Waals surface area contributed by atoms with E-state index in [4.69, 9.17) is 0 Å². The minimum absolute atomic E-state index is 0.0312. The number of hydrogen-bond acceptors (Lipinski definition) is 4. The molecular formula is C17H17N3O3. The number of rotatable bonds is 3. The van der Waals surface area contributed by atoms with Crippen molar-refractivity contribution in [1.82, 2.24) is 15.3 Å². The summed E-state index contributed by atoms with van der Waals surface area (Å²) >= 11 is 0. The summed E-state index contributed by atoms with van der Waals surface area (Å²) in [5, 5.41) is 2.68. The van der Waals surface area contributed by atoms with Gasteiger partial charge >= 0.3 is 0 Å². The molecule has 2 N–H and O–H groups in total. The lowest BCUT2D eigenvalue weighted by Crippen LogP contribution is -2.32. The molecule has 0 aromatic carbocycles. The largest absolute Gasteiger partial charge is 0.348 e. The van der Waals surface area contributed by atoms with Crippen LogP contribution in [0.4, 0.5) is 0 Å². The number of carbonyl (C=O) groups excluding carboxylic acids is 2. The van der Waals surface area contributed by atoms with Gasteiger partial charge in [0.1, 0.15) is 5.56 Å². The van der Waals surface area contributed by atoms with E-state index in [0.717, 1.165) is 5.56 Å². The van der Waals surface area contributed by atoms with Crippen LogP contribution in [0.5, 0.6) is 0 Å². The predicted octanol–water partition coefficient (Wildman–Crippen LogP) is 1.46. The summed E-state index contributed by atoms with van der Waals surface area (Å²) in [6.07, 6.45) is 4.37. The first kappa shape index (κ1) is 15.1. The summed E-state index contributed by atoms with van der Waals surface area (Å²) in [6.45, 7) is 2.24. The van der Waals surface area contributed by atoms with E-state index >= 15 is 0 Å². The van der Waals surface area contributed by atoms with Crippen molar-refractivity contribution in [2.45, 2.75) is 26.3 Å². The van der Waals surface area contributed by atoms with Crippen LogP contribution in [0.25, 0.3) is 0 Å². The Morgan fingerprint density at radius 1 is 1.39 bits per heavy atom. The second kappa shape index (κ2) is 6.16. The molecule has 6 nitrogen and oxygen atoms in total. The first-order chi connectivity index (χ1) is 11.0. The van der Waals surface area contributed by atoms with Crippen molar-refractivity contribution in [1.29, 1.82) is 0 Å². The molecule has 0 saturated carbocycles. The van der Waals surface area contributed by atoms with Crippen LogP contribution >= 0.6 is 0 Å². The van der Waals surface area contributed by atoms with Crippen LogP contribution in [0, 0.1) is 5.92 Å². The van der Waals surface area contributed by atoms with Crippen molar-refractivity contribution in [3.05, 3.63) is 63.3 Å². The molecule has 2 aromatic heterocycles. The number of aromatic nitrogens is 2. The molecule has 2 heterocycles. The second-order valence-electron chi connectivity index (χ2n) is 5.88. The maximum absolute atomic E-state index is 12.2. The maximum atomic E-state index is 12.2. The second-order valence-corrected chi connectivity index (χ2v) is 5.88. The van der Waals surface area contributed by atoms with Crippen LogP contribution < -0.4 is 10.9 Å². The van der Waals surface area contributed by atoms with Gasteiger partial charge in [-0.3, -0.25) is 19.4 Å². The molecule has 1 atom stereocenters. The van der Waals surface area contributed by atoms with Gasteiger partial charge in [-0.05, 0) is 30.0 Å². The first-order valence-electron chi connectivity index (χ1n) is 7.51. The number of hydrogen-bond donors (Lipinski definition) is 2. The monoisotopic (exact) mass is 311 g/mol. The zero-order valence-corrected chi connectivity index (χ0v) is 12.8. The highest BCUT2D eigenvalue weighted by Gasteiger charge is 2.25.